The van der Waals surface area contributed by atoms with Gasteiger partial charge in [0.1, 0.15) is 6.04 Å². The van der Waals surface area contributed by atoms with Crippen LogP contribution in [-0.2, 0) is 9.59 Å². The minimum atomic E-state index is -2.75. The number of nitrogens with one attached hydrogen (secondary N) is 1. The number of carboxylic acids is 1. The van der Waals surface area contributed by atoms with Crippen LogP contribution in [0.1, 0.15) is 32.6 Å². The van der Waals surface area contributed by atoms with E-state index in [1.54, 1.807) is 11.8 Å². The number of amides is 1. The molecule has 0 rings (SSSR count). The van der Waals surface area contributed by atoms with Gasteiger partial charge in [0.2, 0.25) is 12.3 Å². The summed E-state index contributed by atoms with van der Waals surface area (Å²) in [7, 11) is 0. The van der Waals surface area contributed by atoms with E-state index in [1.807, 2.05) is 0 Å². The van der Waals surface area contributed by atoms with E-state index < -0.39 is 30.8 Å². The number of rotatable bonds is 10. The molecular weight excluding hydrogens is 264 g/mol. The van der Waals surface area contributed by atoms with Crippen LogP contribution < -0.4 is 5.32 Å². The van der Waals surface area contributed by atoms with Crippen molar-refractivity contribution < 1.29 is 23.5 Å². The average molecular weight is 283 g/mol. The average Bonchev–Trinajstić information content (AvgIpc) is 2.27. The number of hydrogen-bond donors (Lipinski definition) is 2. The summed E-state index contributed by atoms with van der Waals surface area (Å²) in [6, 6.07) is -1.50. The number of carbonyl (C=O) groups excluding carboxylic acids is 1. The maximum absolute atomic E-state index is 12.1. The minimum absolute atomic E-state index is 0.154. The Morgan fingerprint density at radius 2 is 2.00 bits per heavy atom. The van der Waals surface area contributed by atoms with Crippen molar-refractivity contribution in [2.24, 2.45) is 0 Å². The fourth-order valence-electron chi connectivity index (χ4n) is 1.18. The Labute approximate surface area is 110 Å². The number of unbranched alkanes of at least 4 members (excludes halogenated alkanes) is 1. The number of carboxylic acid groups (broad SMARTS) is 1. The van der Waals surface area contributed by atoms with Crippen molar-refractivity contribution in [2.75, 3.05) is 11.5 Å². The summed E-state index contributed by atoms with van der Waals surface area (Å²) < 4.78 is 24.1. The van der Waals surface area contributed by atoms with Gasteiger partial charge in [-0.25, -0.2) is 13.6 Å². The van der Waals surface area contributed by atoms with E-state index in [2.05, 4.69) is 12.2 Å². The third-order valence-electron chi connectivity index (χ3n) is 2.16. The Morgan fingerprint density at radius 1 is 1.33 bits per heavy atom. The third-order valence-corrected chi connectivity index (χ3v) is 3.23. The zero-order valence-corrected chi connectivity index (χ0v) is 11.1. The van der Waals surface area contributed by atoms with Gasteiger partial charge in [-0.05, 0) is 12.2 Å². The van der Waals surface area contributed by atoms with Crippen molar-refractivity contribution in [2.45, 2.75) is 45.1 Å². The normalized spacial score (nSPS) is 12.4. The summed E-state index contributed by atoms with van der Waals surface area (Å²) in [4.78, 5) is 22.0. The molecule has 0 aliphatic rings. The number of thioether (sulfide) groups is 1. The second kappa shape index (κ2) is 10.1. The summed E-state index contributed by atoms with van der Waals surface area (Å²) in [5, 5.41) is 10.8. The van der Waals surface area contributed by atoms with Gasteiger partial charge in [0, 0.05) is 18.6 Å². The van der Waals surface area contributed by atoms with E-state index in [9.17, 15) is 18.4 Å². The van der Waals surface area contributed by atoms with Crippen molar-refractivity contribution in [3.63, 3.8) is 0 Å². The van der Waals surface area contributed by atoms with Crippen LogP contribution in [0.5, 0.6) is 0 Å². The van der Waals surface area contributed by atoms with Crippen molar-refractivity contribution >= 4 is 23.6 Å². The summed E-state index contributed by atoms with van der Waals surface area (Å²) in [5.41, 5.74) is 0. The zero-order valence-electron chi connectivity index (χ0n) is 10.3. The molecule has 0 aromatic carbocycles. The lowest BCUT2D eigenvalue weighted by Crippen LogP contribution is -2.42. The van der Waals surface area contributed by atoms with Gasteiger partial charge >= 0.3 is 5.97 Å². The first-order chi connectivity index (χ1) is 8.47. The molecule has 0 aromatic heterocycles. The van der Waals surface area contributed by atoms with Crippen LogP contribution in [0, 0.1) is 0 Å². The Morgan fingerprint density at radius 3 is 2.50 bits per heavy atom. The highest BCUT2D eigenvalue weighted by atomic mass is 32.2. The van der Waals surface area contributed by atoms with E-state index in [0.29, 0.717) is 5.75 Å². The first kappa shape index (κ1) is 17.2. The molecule has 0 bridgehead atoms. The fourth-order valence-corrected chi connectivity index (χ4v) is 2.21. The van der Waals surface area contributed by atoms with Crippen molar-refractivity contribution in [1.29, 1.82) is 0 Å². The fraction of sp³-hybridized carbons (Fsp3) is 0.818. The number of aliphatic carboxylic acids is 1. The Balaban J connectivity index is 3.85. The highest BCUT2D eigenvalue weighted by Crippen LogP contribution is 2.07. The lowest BCUT2D eigenvalue weighted by atomic mass is 10.2. The van der Waals surface area contributed by atoms with Crippen LogP contribution in [-0.4, -0.2) is 41.0 Å². The van der Waals surface area contributed by atoms with Gasteiger partial charge in [-0.15, -0.1) is 0 Å². The monoisotopic (exact) mass is 283 g/mol. The molecule has 0 radical (unpaired) electrons. The maximum atomic E-state index is 12.1. The van der Waals surface area contributed by atoms with E-state index in [4.69, 9.17) is 5.11 Å². The lowest BCUT2D eigenvalue weighted by molar-refractivity contribution is -0.143. The predicted molar refractivity (Wildman–Crippen MR) is 67.0 cm³/mol. The van der Waals surface area contributed by atoms with Gasteiger partial charge in [-0.3, -0.25) is 4.79 Å². The SMILES string of the molecule is CCCCSCCC(=O)NC(CC(F)F)C(=O)O. The summed E-state index contributed by atoms with van der Waals surface area (Å²) in [6.45, 7) is 2.06. The van der Waals surface area contributed by atoms with Gasteiger partial charge in [0.05, 0.1) is 0 Å². The van der Waals surface area contributed by atoms with Gasteiger partial charge < -0.3 is 10.4 Å². The molecule has 0 aromatic rings. The third kappa shape index (κ3) is 9.21. The van der Waals surface area contributed by atoms with Gasteiger partial charge in [0.25, 0.3) is 0 Å². The van der Waals surface area contributed by atoms with Crippen molar-refractivity contribution in [1.82, 2.24) is 5.32 Å². The molecule has 0 fully saturated rings. The minimum Gasteiger partial charge on any atom is -0.480 e. The standard InChI is InChI=1S/C11H19F2NO3S/c1-2-3-5-18-6-4-10(15)14-8(11(16)17)7-9(12)13/h8-9H,2-7H2,1H3,(H,14,15)(H,16,17). The zero-order chi connectivity index (χ0) is 14.0. The first-order valence-electron chi connectivity index (χ1n) is 5.85. The second-order valence-electron chi connectivity index (χ2n) is 3.80. The molecule has 2 N–H and O–H groups in total. The summed E-state index contributed by atoms with van der Waals surface area (Å²) in [5.74, 6) is -0.398. The van der Waals surface area contributed by atoms with Crippen LogP contribution in [0.2, 0.25) is 0 Å². The van der Waals surface area contributed by atoms with Crippen LogP contribution in [0.4, 0.5) is 8.78 Å². The van der Waals surface area contributed by atoms with Crippen LogP contribution in [0.15, 0.2) is 0 Å². The Kier molecular flexibility index (Phi) is 9.63. The molecule has 18 heavy (non-hydrogen) atoms. The molecule has 0 spiro atoms. The number of hydrogen-bond acceptors (Lipinski definition) is 3. The number of alkyl halides is 2. The van der Waals surface area contributed by atoms with Gasteiger partial charge in [-0.1, -0.05) is 13.3 Å². The molecule has 106 valence electrons. The van der Waals surface area contributed by atoms with E-state index in [-0.39, 0.29) is 6.42 Å². The molecule has 0 saturated heterocycles. The van der Waals surface area contributed by atoms with Crippen LogP contribution in [0.25, 0.3) is 0 Å². The lowest BCUT2D eigenvalue weighted by Gasteiger charge is -2.13. The van der Waals surface area contributed by atoms with Crippen LogP contribution >= 0.6 is 11.8 Å². The highest BCUT2D eigenvalue weighted by Gasteiger charge is 2.23. The summed E-state index contributed by atoms with van der Waals surface area (Å²) >= 11 is 1.60. The van der Waals surface area contributed by atoms with E-state index in [0.717, 1.165) is 18.6 Å². The maximum Gasteiger partial charge on any atom is 0.326 e. The number of halogens is 2. The topological polar surface area (TPSA) is 66.4 Å². The van der Waals surface area contributed by atoms with Crippen molar-refractivity contribution in [3.05, 3.63) is 0 Å². The second-order valence-corrected chi connectivity index (χ2v) is 5.03. The molecule has 0 heterocycles. The smallest absolute Gasteiger partial charge is 0.326 e. The molecular formula is C11H19F2NO3S. The molecule has 0 aliphatic heterocycles. The summed E-state index contributed by atoms with van der Waals surface area (Å²) in [6.07, 6.45) is -1.31. The Hall–Kier alpha value is -0.850. The first-order valence-corrected chi connectivity index (χ1v) is 7.00. The van der Waals surface area contributed by atoms with Gasteiger partial charge in [-0.2, -0.15) is 11.8 Å². The van der Waals surface area contributed by atoms with Gasteiger partial charge in [0.15, 0.2) is 0 Å². The van der Waals surface area contributed by atoms with E-state index >= 15 is 0 Å². The highest BCUT2D eigenvalue weighted by molar-refractivity contribution is 7.99. The molecule has 1 atom stereocenters. The van der Waals surface area contributed by atoms with Crippen molar-refractivity contribution in [3.8, 4) is 0 Å². The molecule has 0 aliphatic carbocycles. The van der Waals surface area contributed by atoms with E-state index in [1.165, 1.54) is 0 Å². The largest absolute Gasteiger partial charge is 0.480 e. The number of carbonyl (C=O) groups is 2. The Bertz CT molecular complexity index is 265. The molecule has 1 amide bonds. The quantitative estimate of drug-likeness (QED) is 0.603. The molecule has 7 heteroatoms. The molecule has 0 saturated carbocycles. The molecule has 1 unspecified atom stereocenters. The molecule has 4 nitrogen and oxygen atoms in total. The predicted octanol–water partition coefficient (Wildman–Crippen LogP) is 2.13. The van der Waals surface area contributed by atoms with Crippen LogP contribution in [0.3, 0.4) is 0 Å².